The van der Waals surface area contributed by atoms with Crippen LogP contribution in [0.2, 0.25) is 0 Å². The number of ether oxygens (including phenoxy) is 1. The first-order valence-electron chi connectivity index (χ1n) is 11.0. The summed E-state index contributed by atoms with van der Waals surface area (Å²) in [5, 5.41) is 3.47. The van der Waals surface area contributed by atoms with Crippen molar-refractivity contribution in [3.63, 3.8) is 0 Å². The maximum atomic E-state index is 5.28. The van der Waals surface area contributed by atoms with E-state index in [1.165, 1.54) is 0 Å². The number of amidine groups is 1. The summed E-state index contributed by atoms with van der Waals surface area (Å²) in [5.74, 6) is 2.52. The van der Waals surface area contributed by atoms with Gasteiger partial charge in [-0.1, -0.05) is 6.07 Å². The smallest absolute Gasteiger partial charge is 0.176 e. The summed E-state index contributed by atoms with van der Waals surface area (Å²) in [6.45, 7) is 6.24. The van der Waals surface area contributed by atoms with E-state index in [1.54, 1.807) is 7.11 Å². The van der Waals surface area contributed by atoms with Crippen LogP contribution in [0.3, 0.4) is 0 Å². The van der Waals surface area contributed by atoms with Gasteiger partial charge in [-0.25, -0.2) is 4.98 Å². The fourth-order valence-electron chi connectivity index (χ4n) is 4.16. The second-order valence-corrected chi connectivity index (χ2v) is 8.13. The summed E-state index contributed by atoms with van der Waals surface area (Å²) >= 11 is 0. The van der Waals surface area contributed by atoms with Crippen molar-refractivity contribution in [3.8, 4) is 28.3 Å². The molecule has 33 heavy (non-hydrogen) atoms. The van der Waals surface area contributed by atoms with Crippen LogP contribution in [-0.4, -0.2) is 39.0 Å². The Labute approximate surface area is 193 Å². The summed E-state index contributed by atoms with van der Waals surface area (Å²) in [6, 6.07) is 14.3. The van der Waals surface area contributed by atoms with Crippen molar-refractivity contribution in [2.45, 2.75) is 26.9 Å². The zero-order valence-corrected chi connectivity index (χ0v) is 19.0. The van der Waals surface area contributed by atoms with E-state index in [9.17, 15) is 0 Å². The minimum Gasteiger partial charge on any atom is -0.497 e. The first-order chi connectivity index (χ1) is 16.1. The number of hydrogen-bond acceptors (Lipinski definition) is 6. The molecule has 0 spiro atoms. The monoisotopic (exact) mass is 438 g/mol. The van der Waals surface area contributed by atoms with E-state index in [4.69, 9.17) is 14.7 Å². The Balaban J connectivity index is 1.33. The fourth-order valence-corrected chi connectivity index (χ4v) is 4.16. The molecule has 0 aliphatic carbocycles. The lowest BCUT2D eigenvalue weighted by Crippen LogP contribution is -2.31. The Morgan fingerprint density at radius 1 is 0.970 bits per heavy atom. The summed E-state index contributed by atoms with van der Waals surface area (Å²) in [7, 11) is 1.68. The lowest BCUT2D eigenvalue weighted by molar-refractivity contribution is 0.415. The summed E-state index contributed by atoms with van der Waals surface area (Å²) in [6.07, 6.45) is 5.66. The van der Waals surface area contributed by atoms with Gasteiger partial charge in [-0.15, -0.1) is 0 Å². The minimum atomic E-state index is 0.632. The third-order valence-corrected chi connectivity index (χ3v) is 5.81. The van der Waals surface area contributed by atoms with Crippen LogP contribution >= 0.6 is 0 Å². The Bertz CT molecular complexity index is 1320. The number of aryl methyl sites for hydroxylation is 2. The van der Waals surface area contributed by atoms with Gasteiger partial charge in [0, 0.05) is 42.3 Å². The summed E-state index contributed by atoms with van der Waals surface area (Å²) < 4.78 is 7.49. The molecule has 1 aliphatic rings. The van der Waals surface area contributed by atoms with Gasteiger partial charge in [-0.05, 0) is 61.4 Å². The molecule has 1 aliphatic heterocycles. The first kappa shape index (κ1) is 20.9. The SMILES string of the molecule is COc1ccc(-c2cnc3n2CCN=C3NCc2cnc(-c3ccnc(C)c3)c(C)c2)cc1. The molecule has 7 heteroatoms. The molecule has 5 rings (SSSR count). The number of nitrogens with one attached hydrogen (secondary N) is 1. The number of nitrogens with zero attached hydrogens (tertiary/aromatic N) is 5. The molecular formula is C26H26N6O. The van der Waals surface area contributed by atoms with Crippen molar-refractivity contribution in [2.75, 3.05) is 13.7 Å². The Morgan fingerprint density at radius 2 is 1.82 bits per heavy atom. The quantitative estimate of drug-likeness (QED) is 0.506. The first-order valence-corrected chi connectivity index (χ1v) is 11.0. The van der Waals surface area contributed by atoms with Crippen LogP contribution in [0.4, 0.5) is 0 Å². The predicted molar refractivity (Wildman–Crippen MR) is 129 cm³/mol. The Morgan fingerprint density at radius 3 is 2.58 bits per heavy atom. The highest BCUT2D eigenvalue weighted by Gasteiger charge is 2.19. The van der Waals surface area contributed by atoms with Gasteiger partial charge in [0.25, 0.3) is 0 Å². The number of aliphatic imine (C=N–C) groups is 1. The molecule has 0 saturated carbocycles. The van der Waals surface area contributed by atoms with E-state index >= 15 is 0 Å². The molecule has 0 atom stereocenters. The molecule has 0 bridgehead atoms. The van der Waals surface area contributed by atoms with Crippen molar-refractivity contribution in [3.05, 3.63) is 83.7 Å². The van der Waals surface area contributed by atoms with E-state index in [1.807, 2.05) is 43.7 Å². The fraction of sp³-hybridized carbons (Fsp3) is 0.231. The highest BCUT2D eigenvalue weighted by atomic mass is 16.5. The molecule has 4 heterocycles. The average molecular weight is 439 g/mol. The number of pyridine rings is 2. The molecule has 4 aromatic rings. The number of aromatic nitrogens is 4. The van der Waals surface area contributed by atoms with Crippen LogP contribution < -0.4 is 10.1 Å². The maximum absolute atomic E-state index is 5.28. The van der Waals surface area contributed by atoms with E-state index in [2.05, 4.69) is 51.0 Å². The molecule has 166 valence electrons. The molecule has 0 fully saturated rings. The molecule has 7 nitrogen and oxygen atoms in total. The minimum absolute atomic E-state index is 0.632. The number of imidazole rings is 1. The topological polar surface area (TPSA) is 77.2 Å². The zero-order chi connectivity index (χ0) is 22.8. The van der Waals surface area contributed by atoms with Gasteiger partial charge in [0.15, 0.2) is 11.7 Å². The predicted octanol–water partition coefficient (Wildman–Crippen LogP) is 4.18. The van der Waals surface area contributed by atoms with Crippen molar-refractivity contribution in [1.82, 2.24) is 24.8 Å². The summed E-state index contributed by atoms with van der Waals surface area (Å²) in [4.78, 5) is 18.4. The Hall–Kier alpha value is -4.00. The lowest BCUT2D eigenvalue weighted by atomic mass is 10.1. The zero-order valence-electron chi connectivity index (χ0n) is 19.0. The summed E-state index contributed by atoms with van der Waals surface area (Å²) in [5.41, 5.74) is 7.48. The molecule has 0 radical (unpaired) electrons. The van der Waals surface area contributed by atoms with E-state index < -0.39 is 0 Å². The number of methoxy groups -OCH3 is 1. The third-order valence-electron chi connectivity index (χ3n) is 5.81. The number of rotatable bonds is 5. The van der Waals surface area contributed by atoms with Crippen molar-refractivity contribution < 1.29 is 4.74 Å². The molecule has 1 aromatic carbocycles. The van der Waals surface area contributed by atoms with Crippen LogP contribution in [0.5, 0.6) is 5.75 Å². The van der Waals surface area contributed by atoms with Gasteiger partial charge in [0.1, 0.15) is 5.75 Å². The standard InChI is InChI=1S/C26H26N6O/c1-17-12-19(14-29-24(17)21-8-9-27-18(2)13-21)15-30-25-26-31-16-23(32(26)11-10-28-25)20-4-6-22(33-3)7-5-20/h4-9,12-14,16H,10-11,15H2,1-3H3,(H,28,30). The number of benzene rings is 1. The number of hydrogen-bond donors (Lipinski definition) is 1. The second kappa shape index (κ2) is 8.86. The number of fused-ring (bicyclic) bond motifs is 1. The van der Waals surface area contributed by atoms with Crippen LogP contribution in [0.1, 0.15) is 22.6 Å². The molecule has 0 saturated heterocycles. The van der Waals surface area contributed by atoms with Crippen LogP contribution in [0.25, 0.3) is 22.5 Å². The molecular weight excluding hydrogens is 412 g/mol. The normalized spacial score (nSPS) is 12.8. The van der Waals surface area contributed by atoms with E-state index in [0.717, 1.165) is 63.3 Å². The molecule has 1 N–H and O–H groups in total. The maximum Gasteiger partial charge on any atom is 0.176 e. The second-order valence-electron chi connectivity index (χ2n) is 8.13. The van der Waals surface area contributed by atoms with Gasteiger partial charge >= 0.3 is 0 Å². The van der Waals surface area contributed by atoms with Gasteiger partial charge in [-0.2, -0.15) is 0 Å². The van der Waals surface area contributed by atoms with Gasteiger partial charge in [0.05, 0.1) is 31.2 Å². The lowest BCUT2D eigenvalue weighted by Gasteiger charge is -2.18. The third kappa shape index (κ3) is 4.22. The van der Waals surface area contributed by atoms with Crippen LogP contribution in [0.15, 0.2) is 66.0 Å². The van der Waals surface area contributed by atoms with Crippen molar-refractivity contribution in [1.29, 1.82) is 0 Å². The van der Waals surface area contributed by atoms with Gasteiger partial charge in [0.2, 0.25) is 0 Å². The highest BCUT2D eigenvalue weighted by molar-refractivity contribution is 5.97. The van der Waals surface area contributed by atoms with Gasteiger partial charge in [-0.3, -0.25) is 15.0 Å². The Kier molecular flexibility index (Phi) is 5.60. The van der Waals surface area contributed by atoms with Crippen molar-refractivity contribution >= 4 is 5.84 Å². The van der Waals surface area contributed by atoms with Gasteiger partial charge < -0.3 is 14.6 Å². The van der Waals surface area contributed by atoms with Crippen LogP contribution in [0, 0.1) is 13.8 Å². The highest BCUT2D eigenvalue weighted by Crippen LogP contribution is 2.25. The van der Waals surface area contributed by atoms with Crippen LogP contribution in [-0.2, 0) is 13.1 Å². The largest absolute Gasteiger partial charge is 0.497 e. The molecule has 0 unspecified atom stereocenters. The molecule has 3 aromatic heterocycles. The molecule has 0 amide bonds. The van der Waals surface area contributed by atoms with E-state index in [0.29, 0.717) is 13.1 Å². The van der Waals surface area contributed by atoms with Crippen molar-refractivity contribution in [2.24, 2.45) is 4.99 Å². The average Bonchev–Trinajstić information content (AvgIpc) is 3.28. The van der Waals surface area contributed by atoms with E-state index in [-0.39, 0.29) is 0 Å².